The third-order valence-electron chi connectivity index (χ3n) is 3.37. The highest BCUT2D eigenvalue weighted by Gasteiger charge is 2.19. The lowest BCUT2D eigenvalue weighted by Gasteiger charge is -2.08. The SMILES string of the molecule is COC(=O)c1ccc(CNC(=O)COC(=O)c2c(F)cccc2F)cc1. The Hall–Kier alpha value is -3.29. The molecule has 8 heteroatoms. The summed E-state index contributed by atoms with van der Waals surface area (Å²) >= 11 is 0. The number of halogens is 2. The van der Waals surface area contributed by atoms with Crippen molar-refractivity contribution in [2.24, 2.45) is 0 Å². The second-order valence-corrected chi connectivity index (χ2v) is 5.14. The van der Waals surface area contributed by atoms with Gasteiger partial charge in [0.25, 0.3) is 5.91 Å². The maximum absolute atomic E-state index is 13.4. The van der Waals surface area contributed by atoms with Crippen LogP contribution in [0, 0.1) is 11.6 Å². The topological polar surface area (TPSA) is 81.7 Å². The molecule has 0 unspecified atom stereocenters. The molecule has 0 spiro atoms. The molecule has 6 nitrogen and oxygen atoms in total. The van der Waals surface area contributed by atoms with Gasteiger partial charge in [-0.15, -0.1) is 0 Å². The maximum Gasteiger partial charge on any atom is 0.344 e. The molecule has 0 atom stereocenters. The van der Waals surface area contributed by atoms with E-state index in [4.69, 9.17) is 0 Å². The number of methoxy groups -OCH3 is 1. The second kappa shape index (κ2) is 8.70. The normalized spacial score (nSPS) is 10.1. The zero-order valence-electron chi connectivity index (χ0n) is 13.8. The lowest BCUT2D eigenvalue weighted by Crippen LogP contribution is -2.28. The minimum atomic E-state index is -1.27. The Morgan fingerprint density at radius 1 is 0.962 bits per heavy atom. The van der Waals surface area contributed by atoms with Gasteiger partial charge in [-0.3, -0.25) is 4.79 Å². The van der Waals surface area contributed by atoms with Gasteiger partial charge in [0.2, 0.25) is 0 Å². The number of carbonyl (C=O) groups excluding carboxylic acids is 3. The fourth-order valence-corrected chi connectivity index (χ4v) is 2.02. The van der Waals surface area contributed by atoms with Crippen molar-refractivity contribution in [2.75, 3.05) is 13.7 Å². The minimum absolute atomic E-state index is 0.117. The first kappa shape index (κ1) is 19.0. The highest BCUT2D eigenvalue weighted by molar-refractivity contribution is 5.92. The van der Waals surface area contributed by atoms with Crippen LogP contribution >= 0.6 is 0 Å². The van der Waals surface area contributed by atoms with E-state index < -0.39 is 41.7 Å². The van der Waals surface area contributed by atoms with Crippen LogP contribution in [0.3, 0.4) is 0 Å². The molecule has 2 rings (SSSR count). The number of amides is 1. The molecule has 0 bridgehead atoms. The zero-order valence-corrected chi connectivity index (χ0v) is 13.8. The van der Waals surface area contributed by atoms with Crippen molar-refractivity contribution in [1.29, 1.82) is 0 Å². The van der Waals surface area contributed by atoms with Crippen molar-refractivity contribution in [3.63, 3.8) is 0 Å². The van der Waals surface area contributed by atoms with Gasteiger partial charge in [-0.05, 0) is 29.8 Å². The average Bonchev–Trinajstić information content (AvgIpc) is 2.64. The summed E-state index contributed by atoms with van der Waals surface area (Å²) in [4.78, 5) is 34.7. The zero-order chi connectivity index (χ0) is 19.1. The third kappa shape index (κ3) is 4.85. The lowest BCUT2D eigenvalue weighted by molar-refractivity contribution is -0.124. The molecule has 0 aliphatic heterocycles. The molecule has 136 valence electrons. The average molecular weight is 363 g/mol. The van der Waals surface area contributed by atoms with Gasteiger partial charge in [0.1, 0.15) is 17.2 Å². The summed E-state index contributed by atoms with van der Waals surface area (Å²) in [6, 6.07) is 9.25. The van der Waals surface area contributed by atoms with Crippen molar-refractivity contribution < 1.29 is 32.6 Å². The first-order valence-electron chi connectivity index (χ1n) is 7.47. The molecular formula is C18H15F2NO5. The van der Waals surface area contributed by atoms with E-state index in [1.807, 2.05) is 0 Å². The van der Waals surface area contributed by atoms with Crippen molar-refractivity contribution in [1.82, 2.24) is 5.32 Å². The van der Waals surface area contributed by atoms with Crippen molar-refractivity contribution in [2.45, 2.75) is 6.54 Å². The summed E-state index contributed by atoms with van der Waals surface area (Å²) in [6.07, 6.45) is 0. The van der Waals surface area contributed by atoms with Gasteiger partial charge in [0.05, 0.1) is 12.7 Å². The Morgan fingerprint density at radius 3 is 2.15 bits per heavy atom. The molecule has 0 aliphatic carbocycles. The largest absolute Gasteiger partial charge is 0.465 e. The Labute approximate surface area is 147 Å². The summed E-state index contributed by atoms with van der Waals surface area (Å²) in [5.41, 5.74) is 0.208. The predicted molar refractivity (Wildman–Crippen MR) is 86.3 cm³/mol. The van der Waals surface area contributed by atoms with Gasteiger partial charge >= 0.3 is 11.9 Å². The fourth-order valence-electron chi connectivity index (χ4n) is 2.02. The van der Waals surface area contributed by atoms with Gasteiger partial charge in [-0.25, -0.2) is 18.4 Å². The molecule has 1 amide bonds. The molecule has 0 saturated carbocycles. The number of carbonyl (C=O) groups is 3. The van der Waals surface area contributed by atoms with Crippen molar-refractivity contribution in [3.8, 4) is 0 Å². The van der Waals surface area contributed by atoms with E-state index in [0.717, 1.165) is 18.2 Å². The minimum Gasteiger partial charge on any atom is -0.465 e. The molecule has 0 aliphatic rings. The van der Waals surface area contributed by atoms with Crippen LogP contribution in [0.25, 0.3) is 0 Å². The van der Waals surface area contributed by atoms with Crippen LogP contribution in [0.4, 0.5) is 8.78 Å². The molecule has 0 saturated heterocycles. The number of benzene rings is 2. The number of hydrogen-bond donors (Lipinski definition) is 1. The molecule has 0 fully saturated rings. The van der Waals surface area contributed by atoms with Gasteiger partial charge in [-0.2, -0.15) is 0 Å². The highest BCUT2D eigenvalue weighted by atomic mass is 19.1. The molecule has 2 aromatic carbocycles. The van der Waals surface area contributed by atoms with Gasteiger partial charge < -0.3 is 14.8 Å². The summed E-state index contributed by atoms with van der Waals surface area (Å²) < 4.78 is 36.1. The Morgan fingerprint density at radius 2 is 1.58 bits per heavy atom. The van der Waals surface area contributed by atoms with E-state index in [1.54, 1.807) is 12.1 Å². The van der Waals surface area contributed by atoms with E-state index >= 15 is 0 Å². The molecule has 2 aromatic rings. The lowest BCUT2D eigenvalue weighted by atomic mass is 10.1. The van der Waals surface area contributed by atoms with Crippen LogP contribution in [0.15, 0.2) is 42.5 Å². The van der Waals surface area contributed by atoms with Crippen LogP contribution in [0.1, 0.15) is 26.3 Å². The van der Waals surface area contributed by atoms with E-state index in [0.29, 0.717) is 11.1 Å². The Bertz CT molecular complexity index is 801. The molecule has 0 heterocycles. The first-order chi connectivity index (χ1) is 12.4. The smallest absolute Gasteiger partial charge is 0.344 e. The number of nitrogens with one attached hydrogen (secondary N) is 1. The molecule has 1 N–H and O–H groups in total. The van der Waals surface area contributed by atoms with E-state index in [1.165, 1.54) is 19.2 Å². The van der Waals surface area contributed by atoms with Crippen LogP contribution in [-0.2, 0) is 20.8 Å². The third-order valence-corrected chi connectivity index (χ3v) is 3.37. The van der Waals surface area contributed by atoms with E-state index in [-0.39, 0.29) is 6.54 Å². The molecular weight excluding hydrogens is 348 g/mol. The number of hydrogen-bond acceptors (Lipinski definition) is 5. The summed E-state index contributed by atoms with van der Waals surface area (Å²) in [6.45, 7) is -0.571. The van der Waals surface area contributed by atoms with Gasteiger partial charge in [0.15, 0.2) is 6.61 Å². The van der Waals surface area contributed by atoms with Gasteiger partial charge in [-0.1, -0.05) is 18.2 Å². The van der Waals surface area contributed by atoms with Gasteiger partial charge in [0, 0.05) is 6.54 Å². The van der Waals surface area contributed by atoms with Crippen LogP contribution in [0.2, 0.25) is 0 Å². The summed E-state index contributed by atoms with van der Waals surface area (Å²) in [7, 11) is 1.27. The number of esters is 2. The van der Waals surface area contributed by atoms with E-state index in [9.17, 15) is 23.2 Å². The van der Waals surface area contributed by atoms with Crippen molar-refractivity contribution >= 4 is 17.8 Å². The predicted octanol–water partition coefficient (Wildman–Crippen LogP) is 2.22. The maximum atomic E-state index is 13.4. The molecule has 26 heavy (non-hydrogen) atoms. The molecule has 0 radical (unpaired) electrons. The fraction of sp³-hybridized carbons (Fsp3) is 0.167. The first-order valence-corrected chi connectivity index (χ1v) is 7.47. The monoisotopic (exact) mass is 363 g/mol. The van der Waals surface area contributed by atoms with Crippen LogP contribution in [-0.4, -0.2) is 31.6 Å². The van der Waals surface area contributed by atoms with E-state index in [2.05, 4.69) is 14.8 Å². The standard InChI is InChI=1S/C18H15F2NO5/c1-25-17(23)12-7-5-11(6-8-12)9-21-15(22)10-26-18(24)16-13(19)3-2-4-14(16)20/h2-8H,9-10H2,1H3,(H,21,22). The number of ether oxygens (including phenoxy) is 2. The summed E-state index contributed by atoms with van der Waals surface area (Å²) in [5, 5.41) is 2.48. The summed E-state index contributed by atoms with van der Waals surface area (Å²) in [5.74, 6) is -4.53. The molecule has 0 aromatic heterocycles. The van der Waals surface area contributed by atoms with Crippen LogP contribution in [0.5, 0.6) is 0 Å². The highest BCUT2D eigenvalue weighted by Crippen LogP contribution is 2.13. The second-order valence-electron chi connectivity index (χ2n) is 5.14. The van der Waals surface area contributed by atoms with Crippen LogP contribution < -0.4 is 5.32 Å². The Balaban J connectivity index is 1.84. The Kier molecular flexibility index (Phi) is 6.37. The quantitative estimate of drug-likeness (QED) is 0.796. The van der Waals surface area contributed by atoms with Crippen molar-refractivity contribution in [3.05, 3.63) is 70.8 Å². The number of rotatable bonds is 6.